The van der Waals surface area contributed by atoms with Gasteiger partial charge in [-0.05, 0) is 126 Å². The number of aromatic nitrogens is 3. The summed E-state index contributed by atoms with van der Waals surface area (Å²) in [6.07, 6.45) is 15.2. The molecule has 2 unspecified atom stereocenters. The van der Waals surface area contributed by atoms with Gasteiger partial charge in [0.1, 0.15) is 11.3 Å². The van der Waals surface area contributed by atoms with Gasteiger partial charge in [0.2, 0.25) is 23.6 Å². The van der Waals surface area contributed by atoms with Crippen molar-refractivity contribution in [2.45, 2.75) is 108 Å². The third-order valence-electron chi connectivity index (χ3n) is 17.4. The fourth-order valence-corrected chi connectivity index (χ4v) is 12.9. The number of hydrogen-bond donors (Lipinski definition) is 2. The van der Waals surface area contributed by atoms with Gasteiger partial charge in [-0.1, -0.05) is 61.0 Å². The first kappa shape index (κ1) is 48.7. The van der Waals surface area contributed by atoms with Crippen molar-refractivity contribution in [3.05, 3.63) is 120 Å². The molecule has 1 saturated carbocycles. The maximum absolute atomic E-state index is 15.3. The molecule has 5 fully saturated rings. The summed E-state index contributed by atoms with van der Waals surface area (Å²) < 4.78 is 17.1. The van der Waals surface area contributed by atoms with Gasteiger partial charge in [-0.3, -0.25) is 29.3 Å². The van der Waals surface area contributed by atoms with Gasteiger partial charge in [0, 0.05) is 86.3 Å². The Hall–Kier alpha value is -7.20. The summed E-state index contributed by atoms with van der Waals surface area (Å²) in [7, 11) is 0. The zero-order chi connectivity index (χ0) is 51.5. The average Bonchev–Trinajstić information content (AvgIpc) is 3.96. The highest BCUT2D eigenvalue weighted by Crippen LogP contribution is 2.52. The number of nitrogens with one attached hydrogen (secondary N) is 2. The van der Waals surface area contributed by atoms with Gasteiger partial charge in [0.25, 0.3) is 5.91 Å². The number of amides is 5. The standard InChI is InChI=1S/C59H65FN10O5/c1-37(2)69-36-61-50-35-49(63-54(53(50)69)62-48-9-5-4-8-47(48)60)41-16-20-46-51(32-41)70(44-33-43(34-44)65-24-6-3-7-25-65)58(75)59(46)22-26-67(27-23-59)56(73)39-10-12-40(13-11-39)57(74)68-30-28-66(29-31-68)42-17-14-38(15-18-42)45-19-21-52(71)64-55(45)72/h4-5,8-12,14-18,20,32,35-37,40,43-45H,3,6-7,13,19,21-31,33-34H2,1-2H3,(H,62,63)(H,64,71,72). The maximum Gasteiger partial charge on any atom is 0.253 e. The summed E-state index contributed by atoms with van der Waals surface area (Å²) in [5.41, 5.74) is 6.97. The van der Waals surface area contributed by atoms with Crippen LogP contribution in [0.4, 0.5) is 27.3 Å². The number of allylic oxidation sites excluding steroid dienone is 1. The van der Waals surface area contributed by atoms with E-state index < -0.39 is 5.41 Å². The molecule has 1 spiro atoms. The summed E-state index contributed by atoms with van der Waals surface area (Å²) in [6.45, 7) is 9.75. The molecule has 12 rings (SSSR count). The molecule has 16 heteroatoms. The first-order chi connectivity index (χ1) is 36.4. The number of pyridine rings is 1. The van der Waals surface area contributed by atoms with Crippen molar-refractivity contribution in [2.24, 2.45) is 5.92 Å². The molecule has 15 nitrogen and oxygen atoms in total. The molecular weight excluding hydrogens is 948 g/mol. The Morgan fingerprint density at radius 3 is 2.31 bits per heavy atom. The molecule has 0 radical (unpaired) electrons. The lowest BCUT2D eigenvalue weighted by molar-refractivity contribution is -0.135. The molecule has 2 N–H and O–H groups in total. The van der Waals surface area contributed by atoms with Crippen LogP contribution in [-0.4, -0.2) is 123 Å². The van der Waals surface area contributed by atoms with Gasteiger partial charge >= 0.3 is 0 Å². The molecule has 5 amide bonds. The lowest BCUT2D eigenvalue weighted by Gasteiger charge is -2.48. The Morgan fingerprint density at radius 2 is 1.60 bits per heavy atom. The van der Waals surface area contributed by atoms with Crippen LogP contribution in [0.3, 0.4) is 0 Å². The second-order valence-electron chi connectivity index (χ2n) is 22.0. The highest BCUT2D eigenvalue weighted by molar-refractivity contribution is 6.10. The Labute approximate surface area is 436 Å². The minimum absolute atomic E-state index is 0.0551. The Bertz CT molecular complexity index is 3140. The highest BCUT2D eigenvalue weighted by Gasteiger charge is 2.56. The highest BCUT2D eigenvalue weighted by atomic mass is 19.1. The molecule has 0 bridgehead atoms. The number of imide groups is 1. The van der Waals surface area contributed by atoms with Crippen LogP contribution in [0.2, 0.25) is 0 Å². The van der Waals surface area contributed by atoms with Crippen LogP contribution in [-0.2, 0) is 29.4 Å². The number of likely N-dealkylation sites (tertiary alicyclic amines) is 2. The summed E-state index contributed by atoms with van der Waals surface area (Å²) >= 11 is 0. The van der Waals surface area contributed by atoms with E-state index in [1.807, 2.05) is 69.0 Å². The minimum Gasteiger partial charge on any atom is -0.368 e. The lowest BCUT2D eigenvalue weighted by atomic mass is 9.73. The Balaban J connectivity index is 0.727. The summed E-state index contributed by atoms with van der Waals surface area (Å²) in [4.78, 5) is 88.0. The average molecular weight is 1010 g/mol. The topological polar surface area (TPSA) is 156 Å². The molecule has 75 heavy (non-hydrogen) atoms. The van der Waals surface area contributed by atoms with Gasteiger partial charge in [-0.15, -0.1) is 0 Å². The van der Waals surface area contributed by atoms with Crippen molar-refractivity contribution in [3.63, 3.8) is 0 Å². The number of hydrogen-bond acceptors (Lipinski definition) is 10. The van der Waals surface area contributed by atoms with E-state index in [2.05, 4.69) is 51.3 Å². The Morgan fingerprint density at radius 1 is 0.840 bits per heavy atom. The van der Waals surface area contributed by atoms with E-state index >= 15 is 9.18 Å². The number of para-hydroxylation sites is 1. The molecule has 2 atom stereocenters. The third kappa shape index (κ3) is 8.97. The molecule has 388 valence electrons. The fourth-order valence-electron chi connectivity index (χ4n) is 12.9. The van der Waals surface area contributed by atoms with Gasteiger partial charge in [0.05, 0.1) is 40.5 Å². The van der Waals surface area contributed by atoms with Crippen molar-refractivity contribution in [3.8, 4) is 11.3 Å². The number of halogens is 1. The number of rotatable bonds is 10. The van der Waals surface area contributed by atoms with E-state index in [0.29, 0.717) is 100 Å². The number of imidazole rings is 1. The number of piperazine rings is 1. The number of fused-ring (bicyclic) bond motifs is 3. The van der Waals surface area contributed by atoms with Crippen molar-refractivity contribution in [2.75, 3.05) is 67.5 Å². The predicted molar refractivity (Wildman–Crippen MR) is 286 cm³/mol. The van der Waals surface area contributed by atoms with Crippen LogP contribution < -0.4 is 20.4 Å². The van der Waals surface area contributed by atoms with E-state index in [1.54, 1.807) is 24.5 Å². The van der Waals surface area contributed by atoms with E-state index in [-0.39, 0.29) is 59.3 Å². The lowest BCUT2D eigenvalue weighted by Crippen LogP contribution is -2.58. The molecule has 7 aliphatic rings. The smallest absolute Gasteiger partial charge is 0.253 e. The Kier molecular flexibility index (Phi) is 12.9. The third-order valence-corrected chi connectivity index (χ3v) is 17.4. The van der Waals surface area contributed by atoms with Crippen molar-refractivity contribution in [1.29, 1.82) is 0 Å². The number of anilines is 4. The predicted octanol–water partition coefficient (Wildman–Crippen LogP) is 8.16. The second-order valence-corrected chi connectivity index (χ2v) is 22.0. The molecule has 5 aliphatic heterocycles. The first-order valence-electron chi connectivity index (χ1n) is 27.2. The quantitative estimate of drug-likeness (QED) is 0.131. The van der Waals surface area contributed by atoms with E-state index in [9.17, 15) is 19.2 Å². The van der Waals surface area contributed by atoms with Crippen LogP contribution in [0.15, 0.2) is 103 Å². The van der Waals surface area contributed by atoms with E-state index in [1.165, 1.54) is 25.3 Å². The monoisotopic (exact) mass is 1010 g/mol. The molecule has 2 aliphatic carbocycles. The summed E-state index contributed by atoms with van der Waals surface area (Å²) in [6, 6.07) is 23.4. The normalized spacial score (nSPS) is 23.9. The van der Waals surface area contributed by atoms with Crippen molar-refractivity contribution in [1.82, 2.24) is 34.6 Å². The molecule has 2 aromatic heterocycles. The zero-order valence-corrected chi connectivity index (χ0v) is 42.8. The van der Waals surface area contributed by atoms with Gasteiger partial charge in [-0.25, -0.2) is 14.4 Å². The van der Waals surface area contributed by atoms with Crippen LogP contribution in [0.5, 0.6) is 0 Å². The maximum atomic E-state index is 15.3. The van der Waals surface area contributed by atoms with E-state index in [4.69, 9.17) is 9.97 Å². The van der Waals surface area contributed by atoms with Crippen LogP contribution in [0.25, 0.3) is 22.3 Å². The summed E-state index contributed by atoms with van der Waals surface area (Å²) in [5.74, 6) is -0.933. The van der Waals surface area contributed by atoms with Gasteiger partial charge < -0.3 is 34.4 Å². The van der Waals surface area contributed by atoms with Crippen LogP contribution in [0, 0.1) is 11.7 Å². The summed E-state index contributed by atoms with van der Waals surface area (Å²) in [5, 5.41) is 5.72. The van der Waals surface area contributed by atoms with Gasteiger partial charge in [-0.2, -0.15) is 0 Å². The first-order valence-corrected chi connectivity index (χ1v) is 27.2. The van der Waals surface area contributed by atoms with Gasteiger partial charge in [0.15, 0.2) is 5.82 Å². The van der Waals surface area contributed by atoms with E-state index in [0.717, 1.165) is 65.0 Å². The van der Waals surface area contributed by atoms with Crippen molar-refractivity contribution >= 4 is 63.4 Å². The van der Waals surface area contributed by atoms with Crippen molar-refractivity contribution < 1.29 is 28.4 Å². The van der Waals surface area contributed by atoms with Crippen LogP contribution >= 0.6 is 0 Å². The number of nitrogens with zero attached hydrogens (tertiary/aromatic N) is 8. The number of piperidine rings is 3. The molecule has 7 heterocycles. The molecule has 3 aromatic carbocycles. The molecule has 5 aromatic rings. The number of carbonyl (C=O) groups is 5. The number of benzene rings is 3. The molecular formula is C59H65FN10O5. The second kappa shape index (κ2) is 19.8. The zero-order valence-electron chi connectivity index (χ0n) is 42.8. The minimum atomic E-state index is -0.774. The SMILES string of the molecule is CC(C)n1cnc2cc(-c3ccc4c(c3)N(C3CC(N5CCCCC5)C3)C(=O)C43CCN(C(=O)C4=CCC(C(=O)N5CCN(c6ccc(C7CCC(=O)NC7=O)cc6)CC5)C=C4)CC3)nc(Nc3ccccc3F)c21. The largest absolute Gasteiger partial charge is 0.368 e. The fraction of sp³-hybridized carbons (Fsp3) is 0.441. The molecule has 4 saturated heterocycles. The van der Waals surface area contributed by atoms with Crippen LogP contribution in [0.1, 0.15) is 101 Å². The number of carbonyl (C=O) groups excluding carboxylic acids is 5.